The second-order valence-corrected chi connectivity index (χ2v) is 7.97. The van der Waals surface area contributed by atoms with Crippen LogP contribution in [0, 0.1) is 6.92 Å². The fourth-order valence-electron chi connectivity index (χ4n) is 1.89. The minimum Gasteiger partial charge on any atom is -0.321 e. The molecule has 2 aromatic rings. The molecule has 0 aliphatic rings. The number of nitrogens with one attached hydrogen (secondary N) is 2. The number of amides is 1. The quantitative estimate of drug-likeness (QED) is 0.837. The molecule has 5 nitrogen and oxygen atoms in total. The first kappa shape index (κ1) is 17.7. The van der Waals surface area contributed by atoms with E-state index in [1.807, 2.05) is 38.1 Å². The molecule has 0 fully saturated rings. The predicted molar refractivity (Wildman–Crippen MR) is 93.5 cm³/mol. The van der Waals surface area contributed by atoms with Crippen LogP contribution in [0.3, 0.4) is 0 Å². The first-order chi connectivity index (χ1) is 10.8. The maximum atomic E-state index is 12.3. The van der Waals surface area contributed by atoms with Gasteiger partial charge < -0.3 is 5.32 Å². The zero-order chi connectivity index (χ0) is 17.0. The Morgan fingerprint density at radius 2 is 2.00 bits per heavy atom. The zero-order valence-electron chi connectivity index (χ0n) is 13.3. The van der Waals surface area contributed by atoms with E-state index in [0.717, 1.165) is 16.9 Å². The van der Waals surface area contributed by atoms with Crippen molar-refractivity contribution in [3.8, 4) is 0 Å². The van der Waals surface area contributed by atoms with Gasteiger partial charge in [-0.2, -0.15) is 0 Å². The summed E-state index contributed by atoms with van der Waals surface area (Å²) in [6, 6.07) is 8.69. The van der Waals surface area contributed by atoms with Gasteiger partial charge in [0.1, 0.15) is 0 Å². The molecule has 0 aliphatic heterocycles. The molecule has 0 aliphatic carbocycles. The van der Waals surface area contributed by atoms with Crippen molar-refractivity contribution in [3.63, 3.8) is 0 Å². The van der Waals surface area contributed by atoms with Gasteiger partial charge in [0.2, 0.25) is 10.0 Å². The van der Waals surface area contributed by atoms with Crippen molar-refractivity contribution in [3.05, 3.63) is 46.2 Å². The van der Waals surface area contributed by atoms with Crippen molar-refractivity contribution in [1.82, 2.24) is 4.72 Å². The highest BCUT2D eigenvalue weighted by Crippen LogP contribution is 2.22. The summed E-state index contributed by atoms with van der Waals surface area (Å²) < 4.78 is 27.0. The van der Waals surface area contributed by atoms with Gasteiger partial charge in [-0.1, -0.05) is 25.1 Å². The van der Waals surface area contributed by atoms with Gasteiger partial charge in [-0.05, 0) is 38.0 Å². The van der Waals surface area contributed by atoms with Crippen LogP contribution in [-0.4, -0.2) is 20.4 Å². The molecule has 1 heterocycles. The number of anilines is 1. The highest BCUT2D eigenvalue weighted by Gasteiger charge is 2.20. The van der Waals surface area contributed by atoms with Crippen LogP contribution >= 0.6 is 11.3 Å². The average molecular weight is 352 g/mol. The van der Waals surface area contributed by atoms with E-state index in [4.69, 9.17) is 0 Å². The minimum atomic E-state index is -3.58. The smallest absolute Gasteiger partial charge is 0.265 e. The Morgan fingerprint density at radius 1 is 1.30 bits per heavy atom. The fraction of sp³-hybridized carbons (Fsp3) is 0.312. The normalized spacial score (nSPS) is 12.8. The van der Waals surface area contributed by atoms with Crippen LogP contribution < -0.4 is 10.0 Å². The highest BCUT2D eigenvalue weighted by molar-refractivity contribution is 7.89. The Morgan fingerprint density at radius 3 is 2.65 bits per heavy atom. The largest absolute Gasteiger partial charge is 0.321 e. The van der Waals surface area contributed by atoms with Gasteiger partial charge >= 0.3 is 0 Å². The Bertz CT molecular complexity index is 797. The van der Waals surface area contributed by atoms with Crippen molar-refractivity contribution in [2.45, 2.75) is 38.1 Å². The van der Waals surface area contributed by atoms with Crippen LogP contribution in [0.15, 0.2) is 40.6 Å². The Hall–Kier alpha value is -1.70. The van der Waals surface area contributed by atoms with Crippen molar-refractivity contribution >= 4 is 33.0 Å². The molecule has 2 rings (SSSR count). The number of benzene rings is 1. The third kappa shape index (κ3) is 4.40. The number of carbonyl (C=O) groups is 1. The van der Waals surface area contributed by atoms with Crippen LogP contribution in [-0.2, 0) is 10.0 Å². The lowest BCUT2D eigenvalue weighted by Gasteiger charge is -2.10. The van der Waals surface area contributed by atoms with E-state index in [1.165, 1.54) is 11.4 Å². The molecule has 0 saturated heterocycles. The Labute approximate surface area is 140 Å². The van der Waals surface area contributed by atoms with E-state index in [2.05, 4.69) is 10.0 Å². The Balaban J connectivity index is 2.16. The minimum absolute atomic E-state index is 0.123. The van der Waals surface area contributed by atoms with E-state index in [9.17, 15) is 13.2 Å². The molecule has 2 N–H and O–H groups in total. The fourth-order valence-corrected chi connectivity index (χ4v) is 4.39. The lowest BCUT2D eigenvalue weighted by molar-refractivity contribution is 0.103. The molecule has 0 bridgehead atoms. The molecule has 1 aromatic heterocycles. The maximum absolute atomic E-state index is 12.3. The summed E-state index contributed by atoms with van der Waals surface area (Å²) in [5, 5.41) is 4.28. The number of hydrogen-bond donors (Lipinski definition) is 2. The second kappa shape index (κ2) is 7.25. The number of sulfonamides is 1. The Kier molecular flexibility index (Phi) is 5.56. The standard InChI is InChI=1S/C16H20N2O3S2/c1-4-12(3)18-23(20,21)13-9-15(22-10-13)16(19)17-14-8-6-5-7-11(14)2/h5-10,12,18H,4H2,1-3H3,(H,17,19)/t12-/m0/s1. The third-order valence-corrected chi connectivity index (χ3v) is 6.12. The molecular formula is C16H20N2O3S2. The topological polar surface area (TPSA) is 75.3 Å². The monoisotopic (exact) mass is 352 g/mol. The lowest BCUT2D eigenvalue weighted by Crippen LogP contribution is -2.31. The first-order valence-electron chi connectivity index (χ1n) is 7.31. The van der Waals surface area contributed by atoms with Crippen molar-refractivity contribution in [2.24, 2.45) is 0 Å². The molecule has 1 aromatic carbocycles. The highest BCUT2D eigenvalue weighted by atomic mass is 32.2. The summed E-state index contributed by atoms with van der Waals surface area (Å²) in [7, 11) is -3.58. The summed E-state index contributed by atoms with van der Waals surface area (Å²) in [6.45, 7) is 5.60. The summed E-state index contributed by atoms with van der Waals surface area (Å²) in [6.07, 6.45) is 0.698. The molecule has 0 unspecified atom stereocenters. The zero-order valence-corrected chi connectivity index (χ0v) is 14.9. The van der Waals surface area contributed by atoms with Crippen molar-refractivity contribution in [2.75, 3.05) is 5.32 Å². The van der Waals surface area contributed by atoms with Gasteiger partial charge in [-0.25, -0.2) is 13.1 Å². The predicted octanol–water partition coefficient (Wildman–Crippen LogP) is 3.39. The van der Waals surface area contributed by atoms with Gasteiger partial charge in [0.15, 0.2) is 0 Å². The van der Waals surface area contributed by atoms with Crippen molar-refractivity contribution < 1.29 is 13.2 Å². The number of aryl methyl sites for hydroxylation is 1. The number of para-hydroxylation sites is 1. The molecule has 7 heteroatoms. The molecule has 0 spiro atoms. The molecule has 1 atom stereocenters. The van der Waals surface area contributed by atoms with Crippen LogP contribution in [0.4, 0.5) is 5.69 Å². The first-order valence-corrected chi connectivity index (χ1v) is 9.67. The third-order valence-electron chi connectivity index (χ3n) is 3.47. The van der Waals surface area contributed by atoms with E-state index in [0.29, 0.717) is 17.0 Å². The summed E-state index contributed by atoms with van der Waals surface area (Å²) in [4.78, 5) is 12.8. The van der Waals surface area contributed by atoms with Gasteiger partial charge in [0.05, 0.1) is 9.77 Å². The summed E-state index contributed by atoms with van der Waals surface area (Å²) in [5.74, 6) is -0.311. The van der Waals surface area contributed by atoms with Gasteiger partial charge in [-0.3, -0.25) is 4.79 Å². The van der Waals surface area contributed by atoms with Crippen molar-refractivity contribution in [1.29, 1.82) is 0 Å². The van der Waals surface area contributed by atoms with E-state index in [1.54, 1.807) is 6.92 Å². The average Bonchev–Trinajstić information content (AvgIpc) is 3.00. The SMILES string of the molecule is CC[C@H](C)NS(=O)(=O)c1csc(C(=O)Nc2ccccc2C)c1. The van der Waals surface area contributed by atoms with Gasteiger partial charge in [0.25, 0.3) is 5.91 Å². The maximum Gasteiger partial charge on any atom is 0.265 e. The van der Waals surface area contributed by atoms with Crippen LogP contribution in [0.25, 0.3) is 0 Å². The van der Waals surface area contributed by atoms with Gasteiger partial charge in [-0.15, -0.1) is 11.3 Å². The van der Waals surface area contributed by atoms with Crippen LogP contribution in [0.2, 0.25) is 0 Å². The molecule has 23 heavy (non-hydrogen) atoms. The molecule has 1 amide bonds. The molecular weight excluding hydrogens is 332 g/mol. The van der Waals surface area contributed by atoms with E-state index < -0.39 is 10.0 Å². The van der Waals surface area contributed by atoms with Crippen LogP contribution in [0.1, 0.15) is 35.5 Å². The molecule has 0 radical (unpaired) electrons. The molecule has 124 valence electrons. The van der Waals surface area contributed by atoms with Gasteiger partial charge in [0, 0.05) is 17.1 Å². The second-order valence-electron chi connectivity index (χ2n) is 5.35. The number of rotatable bonds is 6. The summed E-state index contributed by atoms with van der Waals surface area (Å²) in [5.41, 5.74) is 1.66. The molecule has 0 saturated carbocycles. The number of hydrogen-bond acceptors (Lipinski definition) is 4. The number of carbonyl (C=O) groups excluding carboxylic acids is 1. The number of thiophene rings is 1. The van der Waals surface area contributed by atoms with E-state index in [-0.39, 0.29) is 16.8 Å². The summed E-state index contributed by atoms with van der Waals surface area (Å²) >= 11 is 1.11. The van der Waals surface area contributed by atoms with E-state index >= 15 is 0 Å². The van der Waals surface area contributed by atoms with Crippen LogP contribution in [0.5, 0.6) is 0 Å². The lowest BCUT2D eigenvalue weighted by atomic mass is 10.2.